The van der Waals surface area contributed by atoms with E-state index in [9.17, 15) is 9.50 Å². The summed E-state index contributed by atoms with van der Waals surface area (Å²) in [4.78, 5) is 5.44. The molecule has 0 spiro atoms. The van der Waals surface area contributed by atoms with Gasteiger partial charge in [0.1, 0.15) is 30.0 Å². The van der Waals surface area contributed by atoms with Crippen molar-refractivity contribution in [1.82, 2.24) is 9.88 Å². The van der Waals surface area contributed by atoms with Gasteiger partial charge in [-0.3, -0.25) is 0 Å². The first-order chi connectivity index (χ1) is 18.6. The summed E-state index contributed by atoms with van der Waals surface area (Å²) < 4.78 is 36.7. The minimum Gasteiger partial charge on any atom is -0.493 e. The predicted octanol–water partition coefficient (Wildman–Crippen LogP) is 4.96. The Bertz CT molecular complexity index is 1370. The van der Waals surface area contributed by atoms with Gasteiger partial charge in [-0.1, -0.05) is 18.2 Å². The van der Waals surface area contributed by atoms with Crippen LogP contribution in [0.5, 0.6) is 23.0 Å². The van der Waals surface area contributed by atoms with Crippen LogP contribution in [0.4, 0.5) is 4.39 Å². The monoisotopic (exact) mass is 518 g/mol. The van der Waals surface area contributed by atoms with Crippen molar-refractivity contribution in [3.05, 3.63) is 84.3 Å². The van der Waals surface area contributed by atoms with Crippen LogP contribution in [0.15, 0.2) is 72.9 Å². The third-order valence-electron chi connectivity index (χ3n) is 7.38. The molecule has 0 saturated carbocycles. The smallest absolute Gasteiger partial charge is 0.231 e. The summed E-state index contributed by atoms with van der Waals surface area (Å²) in [6.07, 6.45) is 2.13. The summed E-state index contributed by atoms with van der Waals surface area (Å²) in [5.74, 6) is 3.01. The normalized spacial score (nSPS) is 19.9. The molecule has 3 atom stereocenters. The zero-order chi connectivity index (χ0) is 25.9. The van der Waals surface area contributed by atoms with Gasteiger partial charge in [-0.25, -0.2) is 4.39 Å². The Labute approximate surface area is 220 Å². The molecule has 0 aliphatic carbocycles. The number of rotatable bonds is 9. The third kappa shape index (κ3) is 5.42. The predicted molar refractivity (Wildman–Crippen MR) is 142 cm³/mol. The molecule has 0 bridgehead atoms. The van der Waals surface area contributed by atoms with Gasteiger partial charge in [-0.15, -0.1) is 0 Å². The zero-order valence-electron chi connectivity index (χ0n) is 21.0. The molecule has 1 aromatic heterocycles. The minimum absolute atomic E-state index is 0.154. The SMILES string of the molecule is O[C@@H](COc1cccc2[nH]ccc12)CN1CC[C@@H](c2ccc(F)cc2)[C@H](COc2ccc3c(c2)OCO3)C1. The van der Waals surface area contributed by atoms with Gasteiger partial charge in [0.05, 0.1) is 6.61 Å². The Morgan fingerprint density at radius 3 is 2.79 bits per heavy atom. The van der Waals surface area contributed by atoms with Gasteiger partial charge in [0, 0.05) is 42.2 Å². The van der Waals surface area contributed by atoms with E-state index in [1.54, 1.807) is 0 Å². The van der Waals surface area contributed by atoms with E-state index < -0.39 is 6.10 Å². The summed E-state index contributed by atoms with van der Waals surface area (Å²) in [5.41, 5.74) is 2.11. The molecule has 7 nitrogen and oxygen atoms in total. The van der Waals surface area contributed by atoms with Crippen LogP contribution in [-0.4, -0.2) is 60.7 Å². The Hall–Kier alpha value is -3.75. The first kappa shape index (κ1) is 24.6. The molecule has 0 amide bonds. The number of aliphatic hydroxyl groups is 1. The van der Waals surface area contributed by atoms with E-state index in [2.05, 4.69) is 9.88 Å². The highest BCUT2D eigenvalue weighted by atomic mass is 19.1. The Morgan fingerprint density at radius 2 is 1.89 bits per heavy atom. The molecule has 6 rings (SSSR count). The first-order valence-electron chi connectivity index (χ1n) is 13.0. The molecule has 0 radical (unpaired) electrons. The number of aromatic amines is 1. The molecule has 3 heterocycles. The number of likely N-dealkylation sites (tertiary alicyclic amines) is 1. The fraction of sp³-hybridized carbons (Fsp3) is 0.333. The first-order valence-corrected chi connectivity index (χ1v) is 13.0. The Morgan fingerprint density at radius 1 is 1.03 bits per heavy atom. The largest absolute Gasteiger partial charge is 0.493 e. The van der Waals surface area contributed by atoms with E-state index in [0.717, 1.165) is 47.5 Å². The number of fused-ring (bicyclic) bond motifs is 2. The van der Waals surface area contributed by atoms with E-state index in [-0.39, 0.29) is 31.1 Å². The van der Waals surface area contributed by atoms with E-state index in [0.29, 0.717) is 24.7 Å². The molecular formula is C30H31FN2O5. The molecule has 8 heteroatoms. The van der Waals surface area contributed by atoms with Crippen LogP contribution in [0.1, 0.15) is 17.9 Å². The fourth-order valence-corrected chi connectivity index (χ4v) is 5.48. The maximum absolute atomic E-state index is 13.6. The summed E-state index contributed by atoms with van der Waals surface area (Å²) in [5, 5.41) is 11.8. The number of aliphatic hydroxyl groups excluding tert-OH is 1. The summed E-state index contributed by atoms with van der Waals surface area (Å²) in [7, 11) is 0. The topological polar surface area (TPSA) is 76.2 Å². The zero-order valence-corrected chi connectivity index (χ0v) is 21.0. The van der Waals surface area contributed by atoms with Crippen molar-refractivity contribution in [1.29, 1.82) is 0 Å². The lowest BCUT2D eigenvalue weighted by molar-refractivity contribution is 0.0393. The van der Waals surface area contributed by atoms with Gasteiger partial charge in [0.15, 0.2) is 11.5 Å². The van der Waals surface area contributed by atoms with Gasteiger partial charge < -0.3 is 33.9 Å². The number of nitrogens with one attached hydrogen (secondary N) is 1. The number of ether oxygens (including phenoxy) is 4. The second-order valence-corrected chi connectivity index (χ2v) is 9.95. The van der Waals surface area contributed by atoms with Crippen molar-refractivity contribution in [2.45, 2.75) is 18.4 Å². The molecule has 1 fully saturated rings. The van der Waals surface area contributed by atoms with Crippen molar-refractivity contribution >= 4 is 10.9 Å². The van der Waals surface area contributed by atoms with Gasteiger partial charge in [0.25, 0.3) is 0 Å². The third-order valence-corrected chi connectivity index (χ3v) is 7.38. The van der Waals surface area contributed by atoms with Crippen LogP contribution >= 0.6 is 0 Å². The number of benzene rings is 3. The average molecular weight is 519 g/mol. The van der Waals surface area contributed by atoms with E-state index in [4.69, 9.17) is 18.9 Å². The average Bonchev–Trinajstić information content (AvgIpc) is 3.61. The van der Waals surface area contributed by atoms with Crippen molar-refractivity contribution in [2.75, 3.05) is 39.6 Å². The van der Waals surface area contributed by atoms with Crippen molar-refractivity contribution < 1.29 is 28.4 Å². The number of piperidine rings is 1. The molecular weight excluding hydrogens is 487 g/mol. The van der Waals surface area contributed by atoms with E-state index in [1.807, 2.05) is 60.8 Å². The number of nitrogens with zero attached hydrogens (tertiary/aromatic N) is 1. The van der Waals surface area contributed by atoms with Gasteiger partial charge in [0.2, 0.25) is 6.79 Å². The number of β-amino-alcohol motifs (C(OH)–C–C–N with tert-alkyl or cyclic N) is 1. The van der Waals surface area contributed by atoms with Crippen molar-refractivity contribution in [3.63, 3.8) is 0 Å². The van der Waals surface area contributed by atoms with Crippen LogP contribution in [0.25, 0.3) is 10.9 Å². The molecule has 2 aliphatic heterocycles. The van der Waals surface area contributed by atoms with Crippen LogP contribution in [0.2, 0.25) is 0 Å². The van der Waals surface area contributed by atoms with Gasteiger partial charge in [-0.05, 0) is 66.9 Å². The number of aromatic nitrogens is 1. The molecule has 2 aliphatic rings. The van der Waals surface area contributed by atoms with Gasteiger partial charge >= 0.3 is 0 Å². The summed E-state index contributed by atoms with van der Waals surface area (Å²) in [6.45, 7) is 2.99. The number of halogens is 1. The lowest BCUT2D eigenvalue weighted by atomic mass is 9.80. The van der Waals surface area contributed by atoms with Gasteiger partial charge in [-0.2, -0.15) is 0 Å². The summed E-state index contributed by atoms with van der Waals surface area (Å²) >= 11 is 0. The van der Waals surface area contributed by atoms with E-state index >= 15 is 0 Å². The molecule has 4 aromatic rings. The maximum atomic E-state index is 13.6. The lowest BCUT2D eigenvalue weighted by Gasteiger charge is -2.39. The standard InChI is InChI=1S/C30H31FN2O5/c31-22-6-4-20(5-7-22)25-11-13-33(15-21(25)17-35-24-8-9-29-30(14-24)38-19-37-29)16-23(34)18-36-28-3-1-2-27-26(28)10-12-32-27/h1-10,12,14,21,23,25,32,34H,11,13,15-19H2/t21-,23+,25-/m0/s1. The Balaban J connectivity index is 1.10. The highest BCUT2D eigenvalue weighted by molar-refractivity contribution is 5.85. The number of H-pyrrole nitrogens is 1. The number of hydrogen-bond donors (Lipinski definition) is 2. The molecule has 0 unspecified atom stereocenters. The highest BCUT2D eigenvalue weighted by Gasteiger charge is 2.32. The summed E-state index contributed by atoms with van der Waals surface area (Å²) in [6, 6.07) is 20.2. The lowest BCUT2D eigenvalue weighted by Crippen LogP contribution is -2.45. The van der Waals surface area contributed by atoms with Crippen LogP contribution in [0, 0.1) is 11.7 Å². The quantitative estimate of drug-likeness (QED) is 0.326. The van der Waals surface area contributed by atoms with Crippen LogP contribution in [-0.2, 0) is 0 Å². The Kier molecular flexibility index (Phi) is 7.07. The second-order valence-electron chi connectivity index (χ2n) is 9.95. The fourth-order valence-electron chi connectivity index (χ4n) is 5.48. The molecule has 2 N–H and O–H groups in total. The molecule has 3 aromatic carbocycles. The van der Waals surface area contributed by atoms with Crippen LogP contribution < -0.4 is 18.9 Å². The second kappa shape index (κ2) is 10.9. The molecule has 198 valence electrons. The van der Waals surface area contributed by atoms with Crippen LogP contribution in [0.3, 0.4) is 0 Å². The minimum atomic E-state index is -0.637. The molecule has 38 heavy (non-hydrogen) atoms. The number of hydrogen-bond acceptors (Lipinski definition) is 6. The molecule has 1 saturated heterocycles. The van der Waals surface area contributed by atoms with E-state index in [1.165, 1.54) is 12.1 Å². The van der Waals surface area contributed by atoms with Crippen molar-refractivity contribution in [3.8, 4) is 23.0 Å². The highest BCUT2D eigenvalue weighted by Crippen LogP contribution is 2.37. The maximum Gasteiger partial charge on any atom is 0.231 e. The van der Waals surface area contributed by atoms with Crippen molar-refractivity contribution in [2.24, 2.45) is 5.92 Å².